The fourth-order valence-corrected chi connectivity index (χ4v) is 1.39. The number of rotatable bonds is 6. The third kappa shape index (κ3) is 5.35. The minimum atomic E-state index is 0.771. The van der Waals surface area contributed by atoms with Crippen molar-refractivity contribution >= 4 is 6.08 Å². The maximum Gasteiger partial charge on any atom is 0.0163 e. The molecular weight excluding hydrogens is 184 g/mol. The van der Waals surface area contributed by atoms with Crippen molar-refractivity contribution in [3.8, 4) is 0 Å². The zero-order valence-corrected chi connectivity index (χ0v) is 9.39. The SMILES string of the molecule is CN(C/C=C/c1ccccc1)CCCN. The summed E-state index contributed by atoms with van der Waals surface area (Å²) in [5.41, 5.74) is 6.71. The molecule has 0 aliphatic rings. The molecule has 0 bridgehead atoms. The van der Waals surface area contributed by atoms with Crippen LogP contribution in [0.2, 0.25) is 0 Å². The number of likely N-dealkylation sites (N-methyl/N-ethyl adjacent to an activating group) is 1. The lowest BCUT2D eigenvalue weighted by Gasteiger charge is -2.12. The van der Waals surface area contributed by atoms with E-state index in [0.717, 1.165) is 26.1 Å². The van der Waals surface area contributed by atoms with Crippen LogP contribution in [0.1, 0.15) is 12.0 Å². The van der Waals surface area contributed by atoms with Crippen molar-refractivity contribution in [1.29, 1.82) is 0 Å². The molecule has 0 atom stereocenters. The highest BCUT2D eigenvalue weighted by atomic mass is 15.1. The molecule has 2 N–H and O–H groups in total. The summed E-state index contributed by atoms with van der Waals surface area (Å²) in [4.78, 5) is 2.27. The third-order valence-electron chi connectivity index (χ3n) is 2.27. The molecule has 1 aromatic rings. The Kier molecular flexibility index (Phi) is 5.74. The van der Waals surface area contributed by atoms with Gasteiger partial charge in [-0.1, -0.05) is 42.5 Å². The molecule has 0 saturated carbocycles. The lowest BCUT2D eigenvalue weighted by molar-refractivity contribution is 0.367. The highest BCUT2D eigenvalue weighted by Crippen LogP contribution is 2.00. The summed E-state index contributed by atoms with van der Waals surface area (Å²) in [5.74, 6) is 0. The molecule has 0 saturated heterocycles. The lowest BCUT2D eigenvalue weighted by atomic mass is 10.2. The Bertz CT molecular complexity index is 280. The van der Waals surface area contributed by atoms with Gasteiger partial charge in [0.25, 0.3) is 0 Å². The van der Waals surface area contributed by atoms with Crippen LogP contribution in [0.25, 0.3) is 6.08 Å². The van der Waals surface area contributed by atoms with Crippen molar-refractivity contribution in [1.82, 2.24) is 4.90 Å². The van der Waals surface area contributed by atoms with Gasteiger partial charge in [-0.15, -0.1) is 0 Å². The molecule has 0 fully saturated rings. The van der Waals surface area contributed by atoms with Crippen LogP contribution in [0.15, 0.2) is 36.4 Å². The maximum absolute atomic E-state index is 5.45. The molecule has 0 aromatic heterocycles. The number of nitrogens with two attached hydrogens (primary N) is 1. The van der Waals surface area contributed by atoms with Gasteiger partial charge < -0.3 is 10.6 Å². The van der Waals surface area contributed by atoms with Crippen molar-refractivity contribution in [2.75, 3.05) is 26.7 Å². The molecule has 2 nitrogen and oxygen atoms in total. The summed E-state index contributed by atoms with van der Waals surface area (Å²) >= 11 is 0. The van der Waals surface area contributed by atoms with Crippen LogP contribution in [0, 0.1) is 0 Å². The van der Waals surface area contributed by atoms with Gasteiger partial charge in [-0.05, 0) is 32.1 Å². The molecule has 1 aromatic carbocycles. The van der Waals surface area contributed by atoms with E-state index in [1.807, 2.05) is 6.07 Å². The van der Waals surface area contributed by atoms with Gasteiger partial charge in [0, 0.05) is 6.54 Å². The molecule has 2 heteroatoms. The Balaban J connectivity index is 2.27. The van der Waals surface area contributed by atoms with Crippen molar-refractivity contribution in [3.63, 3.8) is 0 Å². The summed E-state index contributed by atoms with van der Waals surface area (Å²) in [6, 6.07) is 10.4. The van der Waals surface area contributed by atoms with E-state index in [1.54, 1.807) is 0 Å². The molecule has 0 aliphatic heterocycles. The van der Waals surface area contributed by atoms with Gasteiger partial charge in [0.2, 0.25) is 0 Å². The van der Waals surface area contributed by atoms with E-state index in [2.05, 4.69) is 48.4 Å². The van der Waals surface area contributed by atoms with Gasteiger partial charge in [0.15, 0.2) is 0 Å². The van der Waals surface area contributed by atoms with Crippen LogP contribution in [0.3, 0.4) is 0 Å². The summed E-state index contributed by atoms with van der Waals surface area (Å²) in [7, 11) is 2.12. The molecule has 15 heavy (non-hydrogen) atoms. The van der Waals surface area contributed by atoms with Crippen molar-refractivity contribution in [3.05, 3.63) is 42.0 Å². The minimum Gasteiger partial charge on any atom is -0.330 e. The lowest BCUT2D eigenvalue weighted by Crippen LogP contribution is -2.21. The van der Waals surface area contributed by atoms with E-state index in [1.165, 1.54) is 5.56 Å². The maximum atomic E-state index is 5.45. The number of benzene rings is 1. The predicted octanol–water partition coefficient (Wildman–Crippen LogP) is 1.98. The summed E-state index contributed by atoms with van der Waals surface area (Å²) in [6.07, 6.45) is 5.40. The van der Waals surface area contributed by atoms with E-state index in [0.29, 0.717) is 0 Å². The molecule has 1 rings (SSSR count). The second-order valence-electron chi connectivity index (χ2n) is 3.72. The van der Waals surface area contributed by atoms with E-state index in [4.69, 9.17) is 5.73 Å². The fraction of sp³-hybridized carbons (Fsp3) is 0.385. The zero-order chi connectivity index (χ0) is 10.9. The van der Waals surface area contributed by atoms with Crippen LogP contribution in [-0.4, -0.2) is 31.6 Å². The fourth-order valence-electron chi connectivity index (χ4n) is 1.39. The molecule has 0 heterocycles. The van der Waals surface area contributed by atoms with Gasteiger partial charge in [-0.3, -0.25) is 0 Å². The normalized spacial score (nSPS) is 11.4. The first-order valence-electron chi connectivity index (χ1n) is 5.43. The monoisotopic (exact) mass is 204 g/mol. The van der Waals surface area contributed by atoms with Gasteiger partial charge in [-0.2, -0.15) is 0 Å². The molecule has 0 spiro atoms. The van der Waals surface area contributed by atoms with Gasteiger partial charge in [0.1, 0.15) is 0 Å². The van der Waals surface area contributed by atoms with Crippen LogP contribution < -0.4 is 5.73 Å². The standard InChI is InChI=1S/C13H20N2/c1-15(12-6-10-14)11-5-9-13-7-3-2-4-8-13/h2-5,7-9H,6,10-12,14H2,1H3/b9-5+. The van der Waals surface area contributed by atoms with Crippen molar-refractivity contribution in [2.45, 2.75) is 6.42 Å². The molecule has 0 amide bonds. The van der Waals surface area contributed by atoms with Crippen LogP contribution in [0.5, 0.6) is 0 Å². The van der Waals surface area contributed by atoms with E-state index in [9.17, 15) is 0 Å². The van der Waals surface area contributed by atoms with Gasteiger partial charge in [0.05, 0.1) is 0 Å². The largest absolute Gasteiger partial charge is 0.330 e. The summed E-state index contributed by atoms with van der Waals surface area (Å²) < 4.78 is 0. The van der Waals surface area contributed by atoms with Crippen molar-refractivity contribution < 1.29 is 0 Å². The Morgan fingerprint density at radius 3 is 2.67 bits per heavy atom. The smallest absolute Gasteiger partial charge is 0.0163 e. The van der Waals surface area contributed by atoms with Gasteiger partial charge in [-0.25, -0.2) is 0 Å². The molecule has 82 valence electrons. The van der Waals surface area contributed by atoms with E-state index >= 15 is 0 Å². The Morgan fingerprint density at radius 1 is 1.27 bits per heavy atom. The second kappa shape index (κ2) is 7.21. The second-order valence-corrected chi connectivity index (χ2v) is 3.72. The predicted molar refractivity (Wildman–Crippen MR) is 66.6 cm³/mol. The number of hydrogen-bond donors (Lipinski definition) is 1. The molecule has 0 radical (unpaired) electrons. The van der Waals surface area contributed by atoms with Crippen LogP contribution >= 0.6 is 0 Å². The quantitative estimate of drug-likeness (QED) is 0.767. The Morgan fingerprint density at radius 2 is 2.00 bits per heavy atom. The Labute approximate surface area is 92.4 Å². The first-order valence-corrected chi connectivity index (χ1v) is 5.43. The first-order chi connectivity index (χ1) is 7.33. The Hall–Kier alpha value is -1.12. The summed E-state index contributed by atoms with van der Waals surface area (Å²) in [5, 5.41) is 0. The van der Waals surface area contributed by atoms with Gasteiger partial charge >= 0.3 is 0 Å². The van der Waals surface area contributed by atoms with E-state index in [-0.39, 0.29) is 0 Å². The van der Waals surface area contributed by atoms with Crippen molar-refractivity contribution in [2.24, 2.45) is 5.73 Å². The number of hydrogen-bond acceptors (Lipinski definition) is 2. The molecule has 0 unspecified atom stereocenters. The topological polar surface area (TPSA) is 29.3 Å². The average Bonchev–Trinajstić information content (AvgIpc) is 2.28. The minimum absolute atomic E-state index is 0.771. The third-order valence-corrected chi connectivity index (χ3v) is 2.27. The highest BCUT2D eigenvalue weighted by Gasteiger charge is 1.92. The first kappa shape index (κ1) is 12.0. The molecule has 0 aliphatic carbocycles. The highest BCUT2D eigenvalue weighted by molar-refractivity contribution is 5.48. The average molecular weight is 204 g/mol. The van der Waals surface area contributed by atoms with Crippen LogP contribution in [0.4, 0.5) is 0 Å². The van der Waals surface area contributed by atoms with E-state index < -0.39 is 0 Å². The summed E-state index contributed by atoms with van der Waals surface area (Å²) in [6.45, 7) is 2.82. The zero-order valence-electron chi connectivity index (χ0n) is 9.39. The molecular formula is C13H20N2. The van der Waals surface area contributed by atoms with Crippen LogP contribution in [-0.2, 0) is 0 Å². The number of nitrogens with zero attached hydrogens (tertiary/aromatic N) is 1.